The molecule has 0 unspecified atom stereocenters. The number of hydrogen-bond acceptors (Lipinski definition) is 4. The van der Waals surface area contributed by atoms with Crippen LogP contribution in [0.1, 0.15) is 31.4 Å². The fourth-order valence-electron chi connectivity index (χ4n) is 1.97. The van der Waals surface area contributed by atoms with E-state index in [9.17, 15) is 9.59 Å². The van der Waals surface area contributed by atoms with Gasteiger partial charge >= 0.3 is 5.97 Å². The zero-order valence-corrected chi connectivity index (χ0v) is 13.0. The van der Waals surface area contributed by atoms with E-state index in [1.807, 2.05) is 30.1 Å². The van der Waals surface area contributed by atoms with E-state index in [1.54, 1.807) is 0 Å². The second-order valence-corrected chi connectivity index (χ2v) is 5.03. The lowest BCUT2D eigenvalue weighted by Crippen LogP contribution is -2.36. The van der Waals surface area contributed by atoms with Gasteiger partial charge in [-0.2, -0.15) is 0 Å². The highest BCUT2D eigenvalue weighted by atomic mass is 16.5. The van der Waals surface area contributed by atoms with Crippen LogP contribution in [0, 0.1) is 0 Å². The zero-order chi connectivity index (χ0) is 15.7. The fourth-order valence-corrected chi connectivity index (χ4v) is 1.97. The van der Waals surface area contributed by atoms with Gasteiger partial charge in [0.25, 0.3) is 0 Å². The van der Waals surface area contributed by atoms with Crippen LogP contribution in [0.4, 0.5) is 0 Å². The molecule has 1 aromatic carbocycles. The molecule has 0 bridgehead atoms. The number of methoxy groups -OCH3 is 1. The average molecular weight is 292 g/mol. The molecule has 5 nitrogen and oxygen atoms in total. The molecule has 0 aliphatic heterocycles. The maximum Gasteiger partial charge on any atom is 0.305 e. The molecular formula is C16H24N2O3. The Hall–Kier alpha value is -1.88. The number of rotatable bonds is 8. The highest BCUT2D eigenvalue weighted by Crippen LogP contribution is 2.17. The van der Waals surface area contributed by atoms with E-state index in [0.717, 1.165) is 0 Å². The number of amides is 1. The summed E-state index contributed by atoms with van der Waals surface area (Å²) in [5.74, 6) is -0.288. The van der Waals surface area contributed by atoms with Gasteiger partial charge in [0.2, 0.25) is 5.91 Å². The number of benzene rings is 1. The van der Waals surface area contributed by atoms with E-state index in [2.05, 4.69) is 29.1 Å². The molecule has 0 saturated heterocycles. The summed E-state index contributed by atoms with van der Waals surface area (Å²) in [6.07, 6.45) is 0.920. The minimum absolute atomic E-state index is 0.0369. The third-order valence-electron chi connectivity index (χ3n) is 3.44. The first-order valence-electron chi connectivity index (χ1n) is 7.13. The largest absolute Gasteiger partial charge is 0.469 e. The lowest BCUT2D eigenvalue weighted by atomic mass is 10.1. The molecule has 0 fully saturated rings. The van der Waals surface area contributed by atoms with E-state index in [-0.39, 0.29) is 17.9 Å². The van der Waals surface area contributed by atoms with Crippen LogP contribution >= 0.6 is 0 Å². The van der Waals surface area contributed by atoms with Gasteiger partial charge in [0.15, 0.2) is 0 Å². The Morgan fingerprint density at radius 1 is 1.29 bits per heavy atom. The minimum atomic E-state index is -0.251. The smallest absolute Gasteiger partial charge is 0.305 e. The Bertz CT molecular complexity index is 448. The van der Waals surface area contributed by atoms with E-state index >= 15 is 0 Å². The molecule has 1 rings (SSSR count). The van der Waals surface area contributed by atoms with Crippen molar-refractivity contribution in [3.63, 3.8) is 0 Å². The molecule has 0 aliphatic carbocycles. The van der Waals surface area contributed by atoms with Gasteiger partial charge in [0, 0.05) is 19.0 Å². The minimum Gasteiger partial charge on any atom is -0.469 e. The van der Waals surface area contributed by atoms with Crippen molar-refractivity contribution in [1.29, 1.82) is 0 Å². The third-order valence-corrected chi connectivity index (χ3v) is 3.44. The summed E-state index contributed by atoms with van der Waals surface area (Å²) >= 11 is 0. The van der Waals surface area contributed by atoms with E-state index in [4.69, 9.17) is 0 Å². The Kier molecular flexibility index (Phi) is 7.46. The fraction of sp³-hybridized carbons (Fsp3) is 0.500. The first-order valence-corrected chi connectivity index (χ1v) is 7.13. The molecule has 1 amide bonds. The molecule has 1 aromatic rings. The highest BCUT2D eigenvalue weighted by molar-refractivity contribution is 5.78. The van der Waals surface area contributed by atoms with Gasteiger partial charge in [-0.25, -0.2) is 0 Å². The van der Waals surface area contributed by atoms with Crippen LogP contribution in [0.25, 0.3) is 0 Å². The molecule has 0 aliphatic rings. The lowest BCUT2D eigenvalue weighted by Gasteiger charge is -2.24. The van der Waals surface area contributed by atoms with Crippen molar-refractivity contribution < 1.29 is 14.3 Å². The molecule has 0 saturated carbocycles. The molecule has 21 heavy (non-hydrogen) atoms. The molecule has 116 valence electrons. The number of likely N-dealkylation sites (N-methyl/N-ethyl adjacent to an activating group) is 1. The lowest BCUT2D eigenvalue weighted by molar-refractivity contribution is -0.140. The van der Waals surface area contributed by atoms with Crippen LogP contribution in [0.3, 0.4) is 0 Å². The van der Waals surface area contributed by atoms with Crippen molar-refractivity contribution in [2.75, 3.05) is 27.2 Å². The van der Waals surface area contributed by atoms with E-state index in [1.165, 1.54) is 12.7 Å². The average Bonchev–Trinajstić information content (AvgIpc) is 2.51. The van der Waals surface area contributed by atoms with Crippen molar-refractivity contribution in [3.8, 4) is 0 Å². The standard InChI is InChI=1S/C16H24N2O3/c1-13(14-8-5-4-6-9-14)18(2)12-15(19)17-11-7-10-16(20)21-3/h4-6,8-9,13H,7,10-12H2,1-3H3,(H,17,19)/t13-/m0/s1. The number of carbonyl (C=O) groups is 2. The van der Waals surface area contributed by atoms with Crippen LogP contribution in [-0.2, 0) is 14.3 Å². The van der Waals surface area contributed by atoms with E-state index in [0.29, 0.717) is 25.9 Å². The van der Waals surface area contributed by atoms with Crippen LogP contribution in [0.5, 0.6) is 0 Å². The predicted molar refractivity (Wildman–Crippen MR) is 81.7 cm³/mol. The predicted octanol–water partition coefficient (Wildman–Crippen LogP) is 1.75. The second-order valence-electron chi connectivity index (χ2n) is 5.03. The maximum absolute atomic E-state index is 11.8. The van der Waals surface area contributed by atoms with Gasteiger partial charge < -0.3 is 10.1 Å². The Labute approximate surface area is 126 Å². The zero-order valence-electron chi connectivity index (χ0n) is 13.0. The van der Waals surface area contributed by atoms with Crippen LogP contribution < -0.4 is 5.32 Å². The summed E-state index contributed by atoms with van der Waals surface area (Å²) in [5, 5.41) is 2.81. The number of ether oxygens (including phenoxy) is 1. The quantitative estimate of drug-likeness (QED) is 0.586. The van der Waals surface area contributed by atoms with Crippen LogP contribution in [0.2, 0.25) is 0 Å². The Balaban J connectivity index is 2.29. The summed E-state index contributed by atoms with van der Waals surface area (Å²) in [7, 11) is 3.28. The molecule has 0 aromatic heterocycles. The van der Waals surface area contributed by atoms with Gasteiger partial charge in [0.1, 0.15) is 0 Å². The Morgan fingerprint density at radius 2 is 1.95 bits per heavy atom. The first-order chi connectivity index (χ1) is 10.0. The summed E-state index contributed by atoms with van der Waals surface area (Å²) < 4.78 is 4.54. The van der Waals surface area contributed by atoms with Gasteiger partial charge in [-0.3, -0.25) is 14.5 Å². The summed E-state index contributed by atoms with van der Waals surface area (Å²) in [5.41, 5.74) is 1.18. The van der Waals surface area contributed by atoms with Crippen molar-refractivity contribution in [3.05, 3.63) is 35.9 Å². The molecule has 0 spiro atoms. The van der Waals surface area contributed by atoms with Crippen molar-refractivity contribution in [2.24, 2.45) is 0 Å². The summed E-state index contributed by atoms with van der Waals surface area (Å²) in [6, 6.07) is 10.2. The van der Waals surface area contributed by atoms with Gasteiger partial charge in [0.05, 0.1) is 13.7 Å². The number of carbonyl (C=O) groups excluding carboxylic acids is 2. The Morgan fingerprint density at radius 3 is 2.57 bits per heavy atom. The van der Waals surface area contributed by atoms with Gasteiger partial charge in [-0.1, -0.05) is 30.3 Å². The third kappa shape index (κ3) is 6.40. The van der Waals surface area contributed by atoms with Crippen LogP contribution in [-0.4, -0.2) is 44.0 Å². The highest BCUT2D eigenvalue weighted by Gasteiger charge is 2.14. The van der Waals surface area contributed by atoms with Crippen molar-refractivity contribution >= 4 is 11.9 Å². The first kappa shape index (κ1) is 17.2. The number of esters is 1. The molecule has 0 heterocycles. The maximum atomic E-state index is 11.8. The normalized spacial score (nSPS) is 12.0. The second kappa shape index (κ2) is 9.13. The number of nitrogens with one attached hydrogen (secondary N) is 1. The monoisotopic (exact) mass is 292 g/mol. The summed E-state index contributed by atoms with van der Waals surface area (Å²) in [6.45, 7) is 2.88. The number of nitrogens with zero attached hydrogens (tertiary/aromatic N) is 1. The van der Waals surface area contributed by atoms with Crippen molar-refractivity contribution in [1.82, 2.24) is 10.2 Å². The van der Waals surface area contributed by atoms with Gasteiger partial charge in [-0.15, -0.1) is 0 Å². The SMILES string of the molecule is COC(=O)CCCNC(=O)CN(C)[C@@H](C)c1ccccc1. The molecular weight excluding hydrogens is 268 g/mol. The van der Waals surface area contributed by atoms with Crippen molar-refractivity contribution in [2.45, 2.75) is 25.8 Å². The molecule has 5 heteroatoms. The molecule has 1 atom stereocenters. The molecule has 1 N–H and O–H groups in total. The number of hydrogen-bond donors (Lipinski definition) is 1. The summed E-state index contributed by atoms with van der Waals surface area (Å²) in [4.78, 5) is 24.8. The topological polar surface area (TPSA) is 58.6 Å². The molecule has 0 radical (unpaired) electrons. The van der Waals surface area contributed by atoms with E-state index < -0.39 is 0 Å². The van der Waals surface area contributed by atoms with Crippen LogP contribution in [0.15, 0.2) is 30.3 Å². The van der Waals surface area contributed by atoms with Gasteiger partial charge in [-0.05, 0) is 26.0 Å².